The van der Waals surface area contributed by atoms with Crippen molar-refractivity contribution in [3.63, 3.8) is 0 Å². The molecule has 2 heterocycles. The van der Waals surface area contributed by atoms with Crippen molar-refractivity contribution in [2.75, 3.05) is 7.11 Å². The number of aromatic nitrogens is 1. The Hall–Kier alpha value is -1.86. The molecular formula is C11H12N2O4S. The first kappa shape index (κ1) is 12.6. The van der Waals surface area contributed by atoms with Gasteiger partial charge in [0.2, 0.25) is 0 Å². The van der Waals surface area contributed by atoms with Crippen LogP contribution in [0.1, 0.15) is 21.8 Å². The number of furan rings is 1. The van der Waals surface area contributed by atoms with Crippen LogP contribution in [0.5, 0.6) is 0 Å². The van der Waals surface area contributed by atoms with Crippen molar-refractivity contribution in [2.45, 2.75) is 13.1 Å². The van der Waals surface area contributed by atoms with Crippen LogP contribution in [0, 0.1) is 0 Å². The first-order valence-corrected chi connectivity index (χ1v) is 6.10. The standard InChI is InChI=1S/C11H12N2O4S/c1-16-10(14)7-2-9(17-5-7)4-12-3-8-6-18-11(15)13-8/h2,5-6,12H,3-4H2,1H3,(H,13,15). The van der Waals surface area contributed by atoms with Crippen molar-refractivity contribution < 1.29 is 13.9 Å². The van der Waals surface area contributed by atoms with Gasteiger partial charge in [-0.25, -0.2) is 4.79 Å². The summed E-state index contributed by atoms with van der Waals surface area (Å²) in [5, 5.41) is 4.85. The van der Waals surface area contributed by atoms with Crippen LogP contribution >= 0.6 is 11.3 Å². The summed E-state index contributed by atoms with van der Waals surface area (Å²) in [6, 6.07) is 1.62. The lowest BCUT2D eigenvalue weighted by Gasteiger charge is -1.99. The van der Waals surface area contributed by atoms with E-state index in [-0.39, 0.29) is 4.87 Å². The van der Waals surface area contributed by atoms with Crippen molar-refractivity contribution >= 4 is 17.3 Å². The van der Waals surface area contributed by atoms with Gasteiger partial charge in [-0.1, -0.05) is 11.3 Å². The number of aromatic amines is 1. The van der Waals surface area contributed by atoms with E-state index in [1.54, 1.807) is 11.4 Å². The third kappa shape index (κ3) is 3.08. The van der Waals surface area contributed by atoms with Gasteiger partial charge < -0.3 is 19.5 Å². The van der Waals surface area contributed by atoms with Crippen molar-refractivity contribution in [3.05, 3.63) is 44.4 Å². The Morgan fingerprint density at radius 2 is 2.39 bits per heavy atom. The van der Waals surface area contributed by atoms with Crippen LogP contribution in [-0.4, -0.2) is 18.1 Å². The van der Waals surface area contributed by atoms with E-state index in [4.69, 9.17) is 4.42 Å². The Labute approximate surface area is 107 Å². The smallest absolute Gasteiger partial charge is 0.341 e. The van der Waals surface area contributed by atoms with Gasteiger partial charge in [-0.15, -0.1) is 0 Å². The summed E-state index contributed by atoms with van der Waals surface area (Å²) in [6.45, 7) is 1.00. The maximum Gasteiger partial charge on any atom is 0.341 e. The Kier molecular flexibility index (Phi) is 3.96. The van der Waals surface area contributed by atoms with Gasteiger partial charge in [-0.3, -0.25) is 4.79 Å². The lowest BCUT2D eigenvalue weighted by molar-refractivity contribution is 0.0600. The van der Waals surface area contributed by atoms with Crippen LogP contribution in [0.2, 0.25) is 0 Å². The van der Waals surface area contributed by atoms with Gasteiger partial charge in [0.15, 0.2) is 0 Å². The van der Waals surface area contributed by atoms with Gasteiger partial charge in [-0.2, -0.15) is 0 Å². The molecule has 7 heteroatoms. The Morgan fingerprint density at radius 3 is 3.06 bits per heavy atom. The molecule has 0 bridgehead atoms. The monoisotopic (exact) mass is 268 g/mol. The zero-order valence-electron chi connectivity index (χ0n) is 9.69. The second-order valence-electron chi connectivity index (χ2n) is 3.57. The van der Waals surface area contributed by atoms with E-state index >= 15 is 0 Å². The summed E-state index contributed by atoms with van der Waals surface area (Å²) in [5.41, 5.74) is 1.21. The minimum atomic E-state index is -0.424. The van der Waals surface area contributed by atoms with Crippen molar-refractivity contribution in [1.29, 1.82) is 0 Å². The average molecular weight is 268 g/mol. The number of esters is 1. The van der Waals surface area contributed by atoms with Crippen LogP contribution < -0.4 is 10.2 Å². The highest BCUT2D eigenvalue weighted by atomic mass is 32.1. The molecule has 0 amide bonds. The number of methoxy groups -OCH3 is 1. The molecule has 0 aromatic carbocycles. The molecule has 6 nitrogen and oxygen atoms in total. The molecule has 0 unspecified atom stereocenters. The molecule has 0 atom stereocenters. The summed E-state index contributed by atoms with van der Waals surface area (Å²) in [4.78, 5) is 24.7. The van der Waals surface area contributed by atoms with Gasteiger partial charge in [0, 0.05) is 17.6 Å². The fourth-order valence-corrected chi connectivity index (χ4v) is 2.00. The molecule has 0 aliphatic carbocycles. The molecule has 0 radical (unpaired) electrons. The number of hydrogen-bond donors (Lipinski definition) is 2. The maximum atomic E-state index is 11.2. The highest BCUT2D eigenvalue weighted by Gasteiger charge is 2.09. The first-order chi connectivity index (χ1) is 8.69. The fraction of sp³-hybridized carbons (Fsp3) is 0.273. The summed E-state index contributed by atoms with van der Waals surface area (Å²) in [6.07, 6.45) is 1.36. The molecule has 0 saturated carbocycles. The van der Waals surface area contributed by atoms with E-state index in [1.165, 1.54) is 13.4 Å². The van der Waals surface area contributed by atoms with Crippen LogP contribution in [0.4, 0.5) is 0 Å². The zero-order valence-corrected chi connectivity index (χ0v) is 10.5. The Morgan fingerprint density at radius 1 is 1.56 bits per heavy atom. The predicted octanol–water partition coefficient (Wildman–Crippen LogP) is 1.11. The Balaban J connectivity index is 1.85. The number of hydrogen-bond acceptors (Lipinski definition) is 6. The van der Waals surface area contributed by atoms with Crippen LogP contribution in [-0.2, 0) is 17.8 Å². The zero-order chi connectivity index (χ0) is 13.0. The SMILES string of the molecule is COC(=O)c1coc(CNCc2csc(=O)[nH]2)c1. The summed E-state index contributed by atoms with van der Waals surface area (Å²) in [7, 11) is 1.32. The lowest BCUT2D eigenvalue weighted by atomic mass is 10.3. The highest BCUT2D eigenvalue weighted by Crippen LogP contribution is 2.09. The molecule has 2 aromatic heterocycles. The van der Waals surface area contributed by atoms with E-state index < -0.39 is 5.97 Å². The van der Waals surface area contributed by atoms with Gasteiger partial charge in [-0.05, 0) is 6.07 Å². The highest BCUT2D eigenvalue weighted by molar-refractivity contribution is 7.07. The van der Waals surface area contributed by atoms with E-state index in [0.717, 1.165) is 17.0 Å². The molecule has 2 rings (SSSR count). The van der Waals surface area contributed by atoms with E-state index in [9.17, 15) is 9.59 Å². The number of ether oxygens (including phenoxy) is 1. The summed E-state index contributed by atoms with van der Waals surface area (Å²) in [5.74, 6) is 0.208. The van der Waals surface area contributed by atoms with Gasteiger partial charge in [0.1, 0.15) is 12.0 Å². The molecule has 0 saturated heterocycles. The second kappa shape index (κ2) is 5.65. The molecule has 18 heavy (non-hydrogen) atoms. The predicted molar refractivity (Wildman–Crippen MR) is 65.5 cm³/mol. The molecule has 96 valence electrons. The maximum absolute atomic E-state index is 11.2. The van der Waals surface area contributed by atoms with Crippen LogP contribution in [0.15, 0.2) is 26.9 Å². The molecule has 0 fully saturated rings. The normalized spacial score (nSPS) is 10.5. The molecule has 0 spiro atoms. The number of carbonyl (C=O) groups is 1. The van der Waals surface area contributed by atoms with Gasteiger partial charge >= 0.3 is 10.8 Å². The number of nitrogens with one attached hydrogen (secondary N) is 2. The topological polar surface area (TPSA) is 84.3 Å². The van der Waals surface area contributed by atoms with Crippen molar-refractivity contribution in [1.82, 2.24) is 10.3 Å². The van der Waals surface area contributed by atoms with Gasteiger partial charge in [0.05, 0.1) is 19.2 Å². The molecule has 2 N–H and O–H groups in total. The summed E-state index contributed by atoms with van der Waals surface area (Å²) >= 11 is 1.13. The fourth-order valence-electron chi connectivity index (χ4n) is 1.42. The van der Waals surface area contributed by atoms with Crippen LogP contribution in [0.25, 0.3) is 0 Å². The molecule has 0 aliphatic heterocycles. The first-order valence-electron chi connectivity index (χ1n) is 5.22. The minimum Gasteiger partial charge on any atom is -0.467 e. The molecular weight excluding hydrogens is 256 g/mol. The van der Waals surface area contributed by atoms with E-state index in [2.05, 4.69) is 15.0 Å². The lowest BCUT2D eigenvalue weighted by Crippen LogP contribution is -2.13. The third-order valence-electron chi connectivity index (χ3n) is 2.26. The quantitative estimate of drug-likeness (QED) is 0.793. The minimum absolute atomic E-state index is 0.0715. The Bertz CT molecular complexity index is 584. The van der Waals surface area contributed by atoms with E-state index in [0.29, 0.717) is 24.4 Å². The molecule has 2 aromatic rings. The number of H-pyrrole nitrogens is 1. The largest absolute Gasteiger partial charge is 0.467 e. The number of rotatable bonds is 5. The van der Waals surface area contributed by atoms with E-state index in [1.807, 2.05) is 0 Å². The van der Waals surface area contributed by atoms with Crippen molar-refractivity contribution in [3.8, 4) is 0 Å². The van der Waals surface area contributed by atoms with Crippen LogP contribution in [0.3, 0.4) is 0 Å². The second-order valence-corrected chi connectivity index (χ2v) is 4.41. The average Bonchev–Trinajstić information content (AvgIpc) is 2.98. The number of carbonyl (C=O) groups excluding carboxylic acids is 1. The number of thiazole rings is 1. The van der Waals surface area contributed by atoms with Crippen molar-refractivity contribution in [2.24, 2.45) is 0 Å². The third-order valence-corrected chi connectivity index (χ3v) is 2.98. The molecule has 0 aliphatic rings. The van der Waals surface area contributed by atoms with Gasteiger partial charge in [0.25, 0.3) is 0 Å². The summed E-state index contributed by atoms with van der Waals surface area (Å²) < 4.78 is 9.77.